The van der Waals surface area contributed by atoms with Gasteiger partial charge in [0.2, 0.25) is 0 Å². The van der Waals surface area contributed by atoms with Crippen molar-refractivity contribution >= 4 is 28.9 Å². The Morgan fingerprint density at radius 3 is 2.57 bits per heavy atom. The van der Waals surface area contributed by atoms with Gasteiger partial charge in [-0.15, -0.1) is 0 Å². The molecule has 1 unspecified atom stereocenters. The summed E-state index contributed by atoms with van der Waals surface area (Å²) in [6.45, 7) is 4.70. The van der Waals surface area contributed by atoms with E-state index in [9.17, 15) is 4.39 Å². The second kappa shape index (κ2) is 8.00. The highest BCUT2D eigenvalue weighted by atomic mass is 35.5. The SMILES string of the molecule is CNc1cc(Cl)ccc1CN[C@@H](C)C(C)c1cccc(Cl)c1F. The number of benzene rings is 2. The van der Waals surface area contributed by atoms with Crippen molar-refractivity contribution in [3.8, 4) is 0 Å². The van der Waals surface area contributed by atoms with Crippen LogP contribution in [0.5, 0.6) is 0 Å². The average molecular weight is 355 g/mol. The highest BCUT2D eigenvalue weighted by Gasteiger charge is 2.19. The molecule has 2 nitrogen and oxygen atoms in total. The van der Waals surface area contributed by atoms with Crippen LogP contribution in [0.3, 0.4) is 0 Å². The zero-order valence-corrected chi connectivity index (χ0v) is 15.0. The molecule has 2 aromatic rings. The fourth-order valence-corrected chi connectivity index (χ4v) is 2.88. The van der Waals surface area contributed by atoms with Crippen molar-refractivity contribution in [2.24, 2.45) is 0 Å². The summed E-state index contributed by atoms with van der Waals surface area (Å²) in [5.74, 6) is -0.336. The second-order valence-electron chi connectivity index (χ2n) is 5.65. The number of rotatable bonds is 6. The van der Waals surface area contributed by atoms with Crippen LogP contribution in [-0.2, 0) is 6.54 Å². The summed E-state index contributed by atoms with van der Waals surface area (Å²) in [4.78, 5) is 0. The summed E-state index contributed by atoms with van der Waals surface area (Å²) in [5, 5.41) is 7.44. The van der Waals surface area contributed by atoms with Crippen molar-refractivity contribution in [1.82, 2.24) is 5.32 Å². The largest absolute Gasteiger partial charge is 0.388 e. The van der Waals surface area contributed by atoms with Crippen LogP contribution in [0, 0.1) is 5.82 Å². The van der Waals surface area contributed by atoms with Gasteiger partial charge in [0.1, 0.15) is 5.82 Å². The molecule has 0 aliphatic heterocycles. The molecule has 2 aromatic carbocycles. The number of nitrogens with one attached hydrogen (secondary N) is 2. The third-order valence-electron chi connectivity index (χ3n) is 4.18. The van der Waals surface area contributed by atoms with Gasteiger partial charge in [0.05, 0.1) is 5.02 Å². The predicted octanol–water partition coefficient (Wildman–Crippen LogP) is 5.46. The maximum Gasteiger partial charge on any atom is 0.145 e. The molecular weight excluding hydrogens is 334 g/mol. The number of hydrogen-bond donors (Lipinski definition) is 2. The number of anilines is 1. The van der Waals surface area contributed by atoms with Gasteiger partial charge in [-0.1, -0.05) is 48.3 Å². The van der Waals surface area contributed by atoms with E-state index in [2.05, 4.69) is 10.6 Å². The predicted molar refractivity (Wildman–Crippen MR) is 97.1 cm³/mol. The maximum absolute atomic E-state index is 14.2. The second-order valence-corrected chi connectivity index (χ2v) is 6.50. The Labute approximate surface area is 147 Å². The zero-order valence-electron chi connectivity index (χ0n) is 13.5. The van der Waals surface area contributed by atoms with Gasteiger partial charge in [-0.2, -0.15) is 0 Å². The average Bonchev–Trinajstić information content (AvgIpc) is 2.55. The first-order chi connectivity index (χ1) is 10.9. The third-order valence-corrected chi connectivity index (χ3v) is 4.70. The smallest absolute Gasteiger partial charge is 0.145 e. The molecule has 0 heterocycles. The first-order valence-electron chi connectivity index (χ1n) is 7.57. The van der Waals surface area contributed by atoms with E-state index in [1.54, 1.807) is 18.2 Å². The van der Waals surface area contributed by atoms with Gasteiger partial charge in [0, 0.05) is 30.3 Å². The normalized spacial score (nSPS) is 13.7. The minimum atomic E-state index is -0.335. The fourth-order valence-electron chi connectivity index (χ4n) is 2.52. The van der Waals surface area contributed by atoms with Crippen LogP contribution >= 0.6 is 23.2 Å². The van der Waals surface area contributed by atoms with E-state index in [1.807, 2.05) is 39.1 Å². The van der Waals surface area contributed by atoms with E-state index in [0.29, 0.717) is 17.1 Å². The van der Waals surface area contributed by atoms with Crippen LogP contribution in [-0.4, -0.2) is 13.1 Å². The van der Waals surface area contributed by atoms with Crippen LogP contribution < -0.4 is 10.6 Å². The molecule has 23 heavy (non-hydrogen) atoms. The Hall–Kier alpha value is -1.29. The van der Waals surface area contributed by atoms with E-state index < -0.39 is 0 Å². The molecular formula is C18H21Cl2FN2. The Bertz CT molecular complexity index is 676. The molecule has 0 spiro atoms. The summed E-state index contributed by atoms with van der Waals surface area (Å²) < 4.78 is 14.2. The molecule has 0 amide bonds. The first kappa shape index (κ1) is 18.1. The van der Waals surface area contributed by atoms with Gasteiger partial charge in [-0.3, -0.25) is 0 Å². The molecule has 124 valence electrons. The Balaban J connectivity index is 2.07. The molecule has 2 atom stereocenters. The maximum atomic E-state index is 14.2. The van der Waals surface area contributed by atoms with Gasteiger partial charge >= 0.3 is 0 Å². The third kappa shape index (κ3) is 4.37. The molecule has 0 fully saturated rings. The molecule has 5 heteroatoms. The quantitative estimate of drug-likeness (QED) is 0.719. The number of halogens is 3. The van der Waals surface area contributed by atoms with Crippen LogP contribution in [0.15, 0.2) is 36.4 Å². The summed E-state index contributed by atoms with van der Waals surface area (Å²) in [7, 11) is 1.86. The van der Waals surface area contributed by atoms with Crippen molar-refractivity contribution in [1.29, 1.82) is 0 Å². The lowest BCUT2D eigenvalue weighted by molar-refractivity contribution is 0.464. The minimum Gasteiger partial charge on any atom is -0.388 e. The van der Waals surface area contributed by atoms with E-state index >= 15 is 0 Å². The fraction of sp³-hybridized carbons (Fsp3) is 0.333. The van der Waals surface area contributed by atoms with Crippen molar-refractivity contribution in [2.75, 3.05) is 12.4 Å². The van der Waals surface area contributed by atoms with Crippen molar-refractivity contribution in [3.63, 3.8) is 0 Å². The van der Waals surface area contributed by atoms with Gasteiger partial charge in [-0.25, -0.2) is 4.39 Å². The van der Waals surface area contributed by atoms with Crippen LogP contribution in [0.25, 0.3) is 0 Å². The van der Waals surface area contributed by atoms with E-state index in [1.165, 1.54) is 0 Å². The molecule has 0 radical (unpaired) electrons. The highest BCUT2D eigenvalue weighted by molar-refractivity contribution is 6.31. The molecule has 2 rings (SSSR count). The van der Waals surface area contributed by atoms with Crippen molar-refractivity contribution in [2.45, 2.75) is 32.4 Å². The van der Waals surface area contributed by atoms with E-state index in [4.69, 9.17) is 23.2 Å². The molecule has 0 aromatic heterocycles. The van der Waals surface area contributed by atoms with E-state index in [-0.39, 0.29) is 22.8 Å². The van der Waals surface area contributed by atoms with Crippen LogP contribution in [0.1, 0.15) is 30.9 Å². The van der Waals surface area contributed by atoms with Gasteiger partial charge in [0.15, 0.2) is 0 Å². The van der Waals surface area contributed by atoms with E-state index in [0.717, 1.165) is 11.3 Å². The van der Waals surface area contributed by atoms with Crippen LogP contribution in [0.4, 0.5) is 10.1 Å². The molecule has 0 saturated carbocycles. The summed E-state index contributed by atoms with van der Waals surface area (Å²) >= 11 is 11.9. The van der Waals surface area contributed by atoms with Crippen molar-refractivity contribution in [3.05, 3.63) is 63.4 Å². The lowest BCUT2D eigenvalue weighted by Crippen LogP contribution is -2.31. The molecule has 0 bridgehead atoms. The minimum absolute atomic E-state index is 0.000893. The van der Waals surface area contributed by atoms with Crippen molar-refractivity contribution < 1.29 is 4.39 Å². The van der Waals surface area contributed by atoms with Gasteiger partial charge in [-0.05, 0) is 42.2 Å². The number of hydrogen-bond acceptors (Lipinski definition) is 2. The summed E-state index contributed by atoms with van der Waals surface area (Å²) in [5.41, 5.74) is 2.73. The standard InChI is InChI=1S/C18H21Cl2FN2/c1-11(15-5-4-6-16(20)18(15)21)12(2)23-10-13-7-8-14(19)9-17(13)22-3/h4-9,11-12,22-23H,10H2,1-3H3/t11?,12-/m0/s1. The highest BCUT2D eigenvalue weighted by Crippen LogP contribution is 2.27. The molecule has 0 aliphatic carbocycles. The van der Waals surface area contributed by atoms with Gasteiger partial charge in [0.25, 0.3) is 0 Å². The first-order valence-corrected chi connectivity index (χ1v) is 8.33. The van der Waals surface area contributed by atoms with Gasteiger partial charge < -0.3 is 10.6 Å². The topological polar surface area (TPSA) is 24.1 Å². The van der Waals surface area contributed by atoms with Crippen LogP contribution in [0.2, 0.25) is 10.0 Å². The Morgan fingerprint density at radius 1 is 1.13 bits per heavy atom. The summed E-state index contributed by atoms with van der Waals surface area (Å²) in [6.07, 6.45) is 0. The summed E-state index contributed by atoms with van der Waals surface area (Å²) in [6, 6.07) is 11.0. The lowest BCUT2D eigenvalue weighted by atomic mass is 9.93. The molecule has 2 N–H and O–H groups in total. The molecule has 0 saturated heterocycles. The Morgan fingerprint density at radius 2 is 1.87 bits per heavy atom. The lowest BCUT2D eigenvalue weighted by Gasteiger charge is -2.23. The monoisotopic (exact) mass is 354 g/mol. The zero-order chi connectivity index (χ0) is 17.0. The molecule has 0 aliphatic rings. The Kier molecular flexibility index (Phi) is 6.28.